The molecule has 7 nitrogen and oxygen atoms in total. The molecule has 1 fully saturated rings. The predicted molar refractivity (Wildman–Crippen MR) is 98.8 cm³/mol. The number of halogens is 1. The highest BCUT2D eigenvalue weighted by Gasteiger charge is 2.44. The van der Waals surface area contributed by atoms with Crippen LogP contribution in [0, 0.1) is 12.7 Å². The molecule has 146 valence electrons. The highest BCUT2D eigenvalue weighted by molar-refractivity contribution is 5.96. The van der Waals surface area contributed by atoms with Crippen molar-refractivity contribution in [1.29, 1.82) is 0 Å². The number of fused-ring (bicyclic) bond motifs is 1. The maximum atomic E-state index is 13.5. The van der Waals surface area contributed by atoms with Gasteiger partial charge < -0.3 is 19.5 Å². The minimum Gasteiger partial charge on any atom is -0.487 e. The van der Waals surface area contributed by atoms with Crippen LogP contribution in [0.3, 0.4) is 0 Å². The third-order valence-electron chi connectivity index (χ3n) is 5.26. The lowest BCUT2D eigenvalue weighted by molar-refractivity contribution is -0.0165. The second kappa shape index (κ2) is 6.96. The first-order valence-corrected chi connectivity index (χ1v) is 8.98. The van der Waals surface area contributed by atoms with Crippen molar-refractivity contribution >= 4 is 16.8 Å². The molecule has 0 unspecified atom stereocenters. The summed E-state index contributed by atoms with van der Waals surface area (Å²) in [6.07, 6.45) is 0.534. The lowest BCUT2D eigenvalue weighted by atomic mass is 10.1. The van der Waals surface area contributed by atoms with Gasteiger partial charge >= 0.3 is 0 Å². The molecule has 3 aromatic rings. The zero-order valence-electron chi connectivity index (χ0n) is 15.4. The summed E-state index contributed by atoms with van der Waals surface area (Å²) in [4.78, 5) is 20.2. The number of carbonyl (C=O) groups is 1. The Morgan fingerprint density at radius 3 is 2.79 bits per heavy atom. The molecule has 2 N–H and O–H groups in total. The third kappa shape index (κ3) is 3.04. The van der Waals surface area contributed by atoms with Gasteiger partial charge in [0.15, 0.2) is 5.78 Å². The van der Waals surface area contributed by atoms with Crippen molar-refractivity contribution in [1.82, 2.24) is 14.5 Å². The van der Waals surface area contributed by atoms with Crippen LogP contribution in [0.4, 0.5) is 4.39 Å². The summed E-state index contributed by atoms with van der Waals surface area (Å²) in [6, 6.07) is 5.06. The molecule has 2 aromatic heterocycles. The first-order chi connectivity index (χ1) is 13.4. The Kier molecular flexibility index (Phi) is 4.60. The normalized spacial score (nSPS) is 24.6. The highest BCUT2D eigenvalue weighted by Crippen LogP contribution is 2.36. The van der Waals surface area contributed by atoms with E-state index >= 15 is 0 Å². The number of benzene rings is 1. The number of aromatic nitrogens is 3. The number of nitrogens with zero attached hydrogens (tertiary/aromatic N) is 3. The van der Waals surface area contributed by atoms with Gasteiger partial charge in [-0.15, -0.1) is 0 Å². The maximum absolute atomic E-state index is 13.5. The molecule has 0 radical (unpaired) electrons. The van der Waals surface area contributed by atoms with E-state index in [1.165, 1.54) is 25.4 Å². The number of aryl methyl sites for hydroxylation is 1. The van der Waals surface area contributed by atoms with E-state index in [0.717, 1.165) is 17.1 Å². The Hall–Kier alpha value is -2.84. The SMILES string of the molecule is CC(=O)c1cc(F)ccc1O[C@H]1C[C@@H](n2ccc3c(C)ncnc32)[C@H](O)[C@@H]1O. The number of ketones is 1. The van der Waals surface area contributed by atoms with E-state index in [0.29, 0.717) is 12.1 Å². The van der Waals surface area contributed by atoms with Crippen molar-refractivity contribution in [2.45, 2.75) is 44.6 Å². The first kappa shape index (κ1) is 18.5. The van der Waals surface area contributed by atoms with Gasteiger partial charge in [-0.2, -0.15) is 0 Å². The molecule has 0 spiro atoms. The minimum absolute atomic E-state index is 0.0971. The van der Waals surface area contributed by atoms with Gasteiger partial charge in [0, 0.05) is 18.0 Å². The van der Waals surface area contributed by atoms with E-state index in [2.05, 4.69) is 9.97 Å². The summed E-state index contributed by atoms with van der Waals surface area (Å²) >= 11 is 0. The Labute approximate surface area is 160 Å². The maximum Gasteiger partial charge on any atom is 0.163 e. The van der Waals surface area contributed by atoms with E-state index < -0.39 is 30.2 Å². The zero-order chi connectivity index (χ0) is 20.0. The summed E-state index contributed by atoms with van der Waals surface area (Å²) in [7, 11) is 0. The van der Waals surface area contributed by atoms with Crippen molar-refractivity contribution in [2.24, 2.45) is 0 Å². The number of hydrogen-bond acceptors (Lipinski definition) is 6. The molecule has 0 bridgehead atoms. The van der Waals surface area contributed by atoms with Gasteiger partial charge in [0.2, 0.25) is 0 Å². The molecule has 0 aliphatic heterocycles. The molecule has 2 heterocycles. The summed E-state index contributed by atoms with van der Waals surface area (Å²) in [5.41, 5.74) is 1.58. The van der Waals surface area contributed by atoms with Crippen LogP contribution in [0.5, 0.6) is 5.75 Å². The summed E-state index contributed by atoms with van der Waals surface area (Å²) in [5, 5.41) is 22.0. The van der Waals surface area contributed by atoms with Crippen LogP contribution in [0.2, 0.25) is 0 Å². The second-order valence-electron chi connectivity index (χ2n) is 7.06. The number of Topliss-reactive ketones (excluding diaryl/α,β-unsaturated/α-hetero) is 1. The van der Waals surface area contributed by atoms with Crippen LogP contribution in [0.1, 0.15) is 35.4 Å². The number of carbonyl (C=O) groups excluding carboxylic acids is 1. The molecule has 1 aliphatic carbocycles. The number of aliphatic hydroxyl groups excluding tert-OH is 2. The fourth-order valence-corrected chi connectivity index (χ4v) is 3.77. The monoisotopic (exact) mass is 385 g/mol. The average molecular weight is 385 g/mol. The molecule has 4 atom stereocenters. The Bertz CT molecular complexity index is 1050. The van der Waals surface area contributed by atoms with Crippen LogP contribution in [-0.2, 0) is 0 Å². The number of hydrogen-bond donors (Lipinski definition) is 2. The molecule has 1 aromatic carbocycles. The summed E-state index contributed by atoms with van der Waals surface area (Å²) < 4.78 is 21.1. The van der Waals surface area contributed by atoms with Crippen molar-refractivity contribution < 1.29 is 24.1 Å². The molecule has 28 heavy (non-hydrogen) atoms. The molecule has 1 saturated carbocycles. The van der Waals surface area contributed by atoms with Crippen LogP contribution in [0.25, 0.3) is 11.0 Å². The molecule has 4 rings (SSSR count). The summed E-state index contributed by atoms with van der Waals surface area (Å²) in [6.45, 7) is 3.19. The van der Waals surface area contributed by atoms with Crippen LogP contribution in [-0.4, -0.2) is 48.8 Å². The van der Waals surface area contributed by atoms with Gasteiger partial charge in [0.1, 0.15) is 41.9 Å². The lowest BCUT2D eigenvalue weighted by Gasteiger charge is -2.19. The average Bonchev–Trinajstić information content (AvgIpc) is 3.20. The van der Waals surface area contributed by atoms with E-state index in [9.17, 15) is 19.4 Å². The number of aliphatic hydroxyl groups is 2. The van der Waals surface area contributed by atoms with E-state index in [1.54, 1.807) is 10.8 Å². The van der Waals surface area contributed by atoms with Gasteiger partial charge in [0.05, 0.1) is 17.3 Å². The Morgan fingerprint density at radius 1 is 1.25 bits per heavy atom. The zero-order valence-corrected chi connectivity index (χ0v) is 15.4. The fourth-order valence-electron chi connectivity index (χ4n) is 3.77. The van der Waals surface area contributed by atoms with Crippen molar-refractivity contribution in [3.63, 3.8) is 0 Å². The fraction of sp³-hybridized carbons (Fsp3) is 0.350. The molecule has 1 aliphatic rings. The van der Waals surface area contributed by atoms with Crippen LogP contribution >= 0.6 is 0 Å². The quantitative estimate of drug-likeness (QED) is 0.668. The van der Waals surface area contributed by atoms with Crippen molar-refractivity contribution in [3.05, 3.63) is 53.9 Å². The molecular formula is C20H20FN3O4. The van der Waals surface area contributed by atoms with Gasteiger partial charge in [-0.05, 0) is 38.1 Å². The lowest BCUT2D eigenvalue weighted by Crippen LogP contribution is -2.34. The van der Waals surface area contributed by atoms with E-state index in [4.69, 9.17) is 4.74 Å². The smallest absolute Gasteiger partial charge is 0.163 e. The van der Waals surface area contributed by atoms with Gasteiger partial charge in [0.25, 0.3) is 0 Å². The van der Waals surface area contributed by atoms with Crippen molar-refractivity contribution in [3.8, 4) is 5.75 Å². The number of ether oxygens (including phenoxy) is 1. The Balaban J connectivity index is 1.64. The minimum atomic E-state index is -1.17. The van der Waals surface area contributed by atoms with E-state index in [1.807, 2.05) is 13.0 Å². The van der Waals surface area contributed by atoms with Gasteiger partial charge in [-0.25, -0.2) is 14.4 Å². The third-order valence-corrected chi connectivity index (χ3v) is 5.26. The molecular weight excluding hydrogens is 365 g/mol. The van der Waals surface area contributed by atoms with Gasteiger partial charge in [-0.3, -0.25) is 4.79 Å². The van der Waals surface area contributed by atoms with Crippen LogP contribution in [0.15, 0.2) is 36.8 Å². The second-order valence-corrected chi connectivity index (χ2v) is 7.06. The highest BCUT2D eigenvalue weighted by atomic mass is 19.1. The topological polar surface area (TPSA) is 97.5 Å². The van der Waals surface area contributed by atoms with Crippen LogP contribution < -0.4 is 4.74 Å². The molecule has 8 heteroatoms. The van der Waals surface area contributed by atoms with E-state index in [-0.39, 0.29) is 17.1 Å². The largest absolute Gasteiger partial charge is 0.487 e. The molecule has 0 saturated heterocycles. The van der Waals surface area contributed by atoms with Crippen molar-refractivity contribution in [2.75, 3.05) is 0 Å². The van der Waals surface area contributed by atoms with Gasteiger partial charge in [-0.1, -0.05) is 0 Å². The standard InChI is InChI=1S/C20H20FN3O4/c1-10-13-5-6-24(20(13)23-9-22-10)15-8-17(19(27)18(15)26)28-16-4-3-12(21)7-14(16)11(2)25/h3-7,9,15,17-19,26-27H,8H2,1-2H3/t15-,17+,18+,19-/m1/s1. The Morgan fingerprint density at radius 2 is 2.04 bits per heavy atom. The summed E-state index contributed by atoms with van der Waals surface area (Å²) in [5.74, 6) is -0.708. The first-order valence-electron chi connectivity index (χ1n) is 8.98. The molecule has 0 amide bonds. The predicted octanol–water partition coefficient (Wildman–Crippen LogP) is 2.20. The number of rotatable bonds is 4.